The van der Waals surface area contributed by atoms with E-state index in [4.69, 9.17) is 4.74 Å². The highest BCUT2D eigenvalue weighted by atomic mass is 19.4. The monoisotopic (exact) mass is 545 g/mol. The van der Waals surface area contributed by atoms with Gasteiger partial charge in [-0.1, -0.05) is 42.5 Å². The number of amides is 2. The average Bonchev–Trinajstić information content (AvgIpc) is 3.34. The predicted octanol–water partition coefficient (Wildman–Crippen LogP) is 6.46. The van der Waals surface area contributed by atoms with Crippen molar-refractivity contribution in [2.24, 2.45) is 0 Å². The summed E-state index contributed by atoms with van der Waals surface area (Å²) >= 11 is 0. The number of halogens is 3. The maximum absolute atomic E-state index is 13.2. The molecule has 0 fully saturated rings. The molecule has 1 aliphatic carbocycles. The van der Waals surface area contributed by atoms with Gasteiger partial charge < -0.3 is 15.4 Å². The molecule has 4 aromatic rings. The first-order valence-electron chi connectivity index (χ1n) is 12.8. The van der Waals surface area contributed by atoms with Gasteiger partial charge in [0.2, 0.25) is 0 Å². The Morgan fingerprint density at radius 2 is 1.65 bits per heavy atom. The molecule has 40 heavy (non-hydrogen) atoms. The van der Waals surface area contributed by atoms with E-state index < -0.39 is 17.8 Å². The van der Waals surface area contributed by atoms with Crippen LogP contribution >= 0.6 is 0 Å². The van der Waals surface area contributed by atoms with Crippen LogP contribution in [0.25, 0.3) is 11.1 Å². The summed E-state index contributed by atoms with van der Waals surface area (Å²) in [4.78, 5) is 29.6. The fourth-order valence-corrected chi connectivity index (χ4v) is 4.77. The van der Waals surface area contributed by atoms with Gasteiger partial charge in [0.05, 0.1) is 12.2 Å². The summed E-state index contributed by atoms with van der Waals surface area (Å²) in [6.07, 6.45) is -1.45. The molecule has 9 heteroatoms. The second kappa shape index (κ2) is 11.6. The van der Waals surface area contributed by atoms with Crippen LogP contribution in [0.1, 0.15) is 32.7 Å². The highest BCUT2D eigenvalue weighted by molar-refractivity contribution is 6.08. The van der Waals surface area contributed by atoms with Crippen LogP contribution < -0.4 is 10.6 Å². The lowest BCUT2D eigenvalue weighted by Crippen LogP contribution is -2.36. The van der Waals surface area contributed by atoms with Crippen molar-refractivity contribution in [1.82, 2.24) is 10.3 Å². The minimum atomic E-state index is -4.43. The summed E-state index contributed by atoms with van der Waals surface area (Å²) in [5, 5.41) is 5.79. The minimum Gasteiger partial charge on any atom is -0.449 e. The average molecular weight is 546 g/mol. The number of hydrogen-bond acceptors (Lipinski definition) is 4. The summed E-state index contributed by atoms with van der Waals surface area (Å²) in [5.41, 5.74) is 4.14. The van der Waals surface area contributed by atoms with Crippen LogP contribution in [0.5, 0.6) is 0 Å². The van der Waals surface area contributed by atoms with Crippen LogP contribution in [0.15, 0.2) is 91.1 Å². The predicted molar refractivity (Wildman–Crippen MR) is 145 cm³/mol. The highest BCUT2D eigenvalue weighted by Crippen LogP contribution is 2.32. The van der Waals surface area contributed by atoms with Crippen LogP contribution in [-0.4, -0.2) is 29.6 Å². The molecule has 3 aromatic carbocycles. The smallest absolute Gasteiger partial charge is 0.416 e. The van der Waals surface area contributed by atoms with Crippen molar-refractivity contribution in [3.8, 4) is 11.1 Å². The summed E-state index contributed by atoms with van der Waals surface area (Å²) in [7, 11) is 0. The number of hydrogen-bond donors (Lipinski definition) is 2. The van der Waals surface area contributed by atoms with Gasteiger partial charge in [0.15, 0.2) is 0 Å². The zero-order chi connectivity index (χ0) is 28.1. The Balaban J connectivity index is 1.19. The van der Waals surface area contributed by atoms with E-state index >= 15 is 0 Å². The third-order valence-corrected chi connectivity index (χ3v) is 6.73. The van der Waals surface area contributed by atoms with Crippen molar-refractivity contribution in [2.45, 2.75) is 31.5 Å². The molecular formula is C31H26F3N3O3. The molecule has 1 atom stereocenters. The lowest BCUT2D eigenvalue weighted by molar-refractivity contribution is -0.137. The molecule has 0 radical (unpaired) electrons. The molecule has 1 heterocycles. The molecular weight excluding hydrogens is 519 g/mol. The fraction of sp³-hybridized carbons (Fsp3) is 0.194. The van der Waals surface area contributed by atoms with Gasteiger partial charge in [-0.25, -0.2) is 4.79 Å². The highest BCUT2D eigenvalue weighted by Gasteiger charge is 2.30. The van der Waals surface area contributed by atoms with Crippen molar-refractivity contribution in [3.05, 3.63) is 119 Å². The van der Waals surface area contributed by atoms with Gasteiger partial charge in [-0.15, -0.1) is 0 Å². The van der Waals surface area contributed by atoms with Crippen LogP contribution in [0.2, 0.25) is 0 Å². The zero-order valence-electron chi connectivity index (χ0n) is 21.4. The first kappa shape index (κ1) is 26.9. The number of carbonyl (C=O) groups is 2. The summed E-state index contributed by atoms with van der Waals surface area (Å²) in [5.74, 6) is -0.375. The topological polar surface area (TPSA) is 80.3 Å². The second-order valence-electron chi connectivity index (χ2n) is 9.51. The Morgan fingerprint density at radius 3 is 2.40 bits per heavy atom. The first-order valence-corrected chi connectivity index (χ1v) is 12.8. The second-order valence-corrected chi connectivity index (χ2v) is 9.51. The van der Waals surface area contributed by atoms with E-state index in [2.05, 4.69) is 15.6 Å². The van der Waals surface area contributed by atoms with Crippen molar-refractivity contribution in [3.63, 3.8) is 0 Å². The van der Waals surface area contributed by atoms with Crippen molar-refractivity contribution in [1.29, 1.82) is 0 Å². The standard InChI is InChI=1S/C31H26F3N3O3/c32-31(33,34)23-11-8-20(9-12-23)27-6-1-2-7-28(27)29(38)36-25-13-10-21-17-26(19-22(21)18-25)37-30(39)40-16-14-24-5-3-4-15-35-24/h1-13,15,18,26H,14,16-17,19H2,(H,36,38)(H,37,39). The number of nitrogens with zero attached hydrogens (tertiary/aromatic N) is 1. The van der Waals surface area contributed by atoms with E-state index in [-0.39, 0.29) is 18.6 Å². The number of benzene rings is 3. The summed E-state index contributed by atoms with van der Waals surface area (Å²) < 4.78 is 44.2. The Bertz CT molecular complexity index is 1510. The fourth-order valence-electron chi connectivity index (χ4n) is 4.77. The minimum absolute atomic E-state index is 0.122. The van der Waals surface area contributed by atoms with Gasteiger partial charge in [-0.05, 0) is 77.6 Å². The number of nitrogens with one attached hydrogen (secondary N) is 2. The molecule has 0 spiro atoms. The van der Waals surface area contributed by atoms with Crippen LogP contribution in [0.3, 0.4) is 0 Å². The molecule has 2 N–H and O–H groups in total. The molecule has 0 bridgehead atoms. The maximum atomic E-state index is 13.2. The van der Waals surface area contributed by atoms with Gasteiger partial charge in [0.1, 0.15) is 0 Å². The summed E-state index contributed by atoms with van der Waals surface area (Å²) in [6.45, 7) is 0.229. The molecule has 2 amide bonds. The van der Waals surface area contributed by atoms with Crippen molar-refractivity contribution in [2.75, 3.05) is 11.9 Å². The zero-order valence-corrected chi connectivity index (χ0v) is 21.4. The normalized spacial score (nSPS) is 14.3. The molecule has 1 aliphatic rings. The van der Waals surface area contributed by atoms with Crippen LogP contribution in [0, 0.1) is 0 Å². The lowest BCUT2D eigenvalue weighted by atomic mass is 9.98. The molecule has 6 nitrogen and oxygen atoms in total. The number of ether oxygens (including phenoxy) is 1. The first-order chi connectivity index (χ1) is 19.3. The summed E-state index contributed by atoms with van der Waals surface area (Å²) in [6, 6.07) is 22.6. The molecule has 0 aliphatic heterocycles. The Kier molecular flexibility index (Phi) is 7.82. The number of alkyl carbamates (subject to hydrolysis) is 1. The number of rotatable bonds is 7. The van der Waals surface area contributed by atoms with Crippen LogP contribution in [0.4, 0.5) is 23.7 Å². The van der Waals surface area contributed by atoms with Crippen molar-refractivity contribution < 1.29 is 27.5 Å². The van der Waals surface area contributed by atoms with Gasteiger partial charge in [-0.3, -0.25) is 9.78 Å². The van der Waals surface area contributed by atoms with Gasteiger partial charge in [0.25, 0.3) is 5.91 Å². The number of fused-ring (bicyclic) bond motifs is 1. The molecule has 1 aromatic heterocycles. The van der Waals surface area contributed by atoms with Crippen molar-refractivity contribution >= 4 is 17.7 Å². The van der Waals surface area contributed by atoms with E-state index in [1.807, 2.05) is 30.3 Å². The van der Waals surface area contributed by atoms with E-state index in [0.717, 1.165) is 29.0 Å². The number of alkyl halides is 3. The number of aromatic nitrogens is 1. The molecule has 0 saturated heterocycles. The van der Waals surface area contributed by atoms with Gasteiger partial charge in [0, 0.05) is 35.6 Å². The molecule has 1 unspecified atom stereocenters. The Hall–Kier alpha value is -4.66. The maximum Gasteiger partial charge on any atom is 0.416 e. The van der Waals surface area contributed by atoms with E-state index in [1.54, 1.807) is 36.5 Å². The number of carbonyl (C=O) groups excluding carboxylic acids is 2. The molecule has 0 saturated carbocycles. The van der Waals surface area contributed by atoms with Gasteiger partial charge >= 0.3 is 12.3 Å². The molecule has 204 valence electrons. The molecule has 5 rings (SSSR count). The lowest BCUT2D eigenvalue weighted by Gasteiger charge is -2.13. The quantitative estimate of drug-likeness (QED) is 0.280. The van der Waals surface area contributed by atoms with Gasteiger partial charge in [-0.2, -0.15) is 13.2 Å². The van der Waals surface area contributed by atoms with E-state index in [0.29, 0.717) is 41.6 Å². The SMILES string of the molecule is O=C(NC1Cc2ccc(NC(=O)c3ccccc3-c3ccc(C(F)(F)F)cc3)cc2C1)OCCc1ccccn1. The van der Waals surface area contributed by atoms with E-state index in [9.17, 15) is 22.8 Å². The van der Waals surface area contributed by atoms with E-state index in [1.165, 1.54) is 12.1 Å². The third kappa shape index (κ3) is 6.48. The third-order valence-electron chi connectivity index (χ3n) is 6.73. The number of anilines is 1. The largest absolute Gasteiger partial charge is 0.449 e. The Morgan fingerprint density at radius 1 is 0.900 bits per heavy atom. The van der Waals surface area contributed by atoms with Crippen LogP contribution in [-0.2, 0) is 30.2 Å². The Labute approximate surface area is 229 Å². The number of pyridine rings is 1.